The van der Waals surface area contributed by atoms with E-state index in [1.807, 2.05) is 0 Å². The predicted octanol–water partition coefficient (Wildman–Crippen LogP) is 3.07. The Hall–Kier alpha value is 0.0500. The van der Waals surface area contributed by atoms with Crippen molar-refractivity contribution in [1.82, 2.24) is 5.32 Å². The Morgan fingerprint density at radius 3 is 2.94 bits per heavy atom. The lowest BCUT2D eigenvalue weighted by molar-refractivity contribution is 0.401. The molecule has 0 amide bonds. The maximum atomic E-state index is 3.74. The van der Waals surface area contributed by atoms with E-state index >= 15 is 0 Å². The summed E-state index contributed by atoms with van der Waals surface area (Å²) in [6, 6.07) is 0. The first-order valence-corrected chi connectivity index (χ1v) is 7.77. The average molecular weight is 237 g/mol. The summed E-state index contributed by atoms with van der Waals surface area (Å²) in [5.41, 5.74) is 0. The van der Waals surface area contributed by atoms with Crippen LogP contribution < -0.4 is 5.32 Å². The summed E-state index contributed by atoms with van der Waals surface area (Å²) >= 11 is 2.17. The van der Waals surface area contributed by atoms with E-state index in [4.69, 9.17) is 0 Å². The van der Waals surface area contributed by atoms with E-state index in [0.29, 0.717) is 4.75 Å². The summed E-state index contributed by atoms with van der Waals surface area (Å²) in [5, 5.41) is 3.74. The van der Waals surface area contributed by atoms with E-state index in [-0.39, 0.29) is 0 Å². The van der Waals surface area contributed by atoms with Crippen LogP contribution in [0.5, 0.6) is 0 Å². The SMILES string of the molecule is CC1(CNCC2CC3C=CC2C3)CCCS1. The zero-order valence-corrected chi connectivity index (χ0v) is 11.1. The lowest BCUT2D eigenvalue weighted by Crippen LogP contribution is -2.36. The highest BCUT2D eigenvalue weighted by Crippen LogP contribution is 2.43. The molecule has 1 aliphatic heterocycles. The van der Waals surface area contributed by atoms with E-state index in [1.54, 1.807) is 0 Å². The van der Waals surface area contributed by atoms with Crippen LogP contribution >= 0.6 is 11.8 Å². The number of fused-ring (bicyclic) bond motifs is 2. The summed E-state index contributed by atoms with van der Waals surface area (Å²) in [4.78, 5) is 0. The van der Waals surface area contributed by atoms with Gasteiger partial charge in [0.1, 0.15) is 0 Å². The summed E-state index contributed by atoms with van der Waals surface area (Å²) in [6.45, 7) is 4.90. The van der Waals surface area contributed by atoms with Crippen LogP contribution in [0, 0.1) is 17.8 Å². The topological polar surface area (TPSA) is 12.0 Å². The molecular formula is C14H23NS. The summed E-state index contributed by atoms with van der Waals surface area (Å²) in [6.07, 6.45) is 10.6. The molecule has 90 valence electrons. The van der Waals surface area contributed by atoms with Crippen molar-refractivity contribution < 1.29 is 0 Å². The molecule has 2 fully saturated rings. The fourth-order valence-electron chi connectivity index (χ4n) is 3.63. The van der Waals surface area contributed by atoms with Gasteiger partial charge in [0.2, 0.25) is 0 Å². The highest BCUT2D eigenvalue weighted by atomic mass is 32.2. The quantitative estimate of drug-likeness (QED) is 0.754. The number of allylic oxidation sites excluding steroid dienone is 2. The molecule has 1 heterocycles. The second-order valence-electron chi connectivity index (χ2n) is 6.07. The maximum Gasteiger partial charge on any atom is 0.0256 e. The molecule has 2 heteroatoms. The lowest BCUT2D eigenvalue weighted by atomic mass is 9.93. The first-order valence-electron chi connectivity index (χ1n) is 6.78. The third-order valence-electron chi connectivity index (χ3n) is 4.62. The van der Waals surface area contributed by atoms with Crippen molar-refractivity contribution in [2.75, 3.05) is 18.8 Å². The molecule has 1 N–H and O–H groups in total. The molecule has 0 spiro atoms. The second kappa shape index (κ2) is 4.38. The van der Waals surface area contributed by atoms with Crippen molar-refractivity contribution in [3.63, 3.8) is 0 Å². The van der Waals surface area contributed by atoms with E-state index < -0.39 is 0 Å². The van der Waals surface area contributed by atoms with Crippen molar-refractivity contribution in [3.8, 4) is 0 Å². The predicted molar refractivity (Wildman–Crippen MR) is 71.8 cm³/mol. The van der Waals surface area contributed by atoms with Crippen LogP contribution in [0.15, 0.2) is 12.2 Å². The largest absolute Gasteiger partial charge is 0.315 e. The van der Waals surface area contributed by atoms with E-state index in [9.17, 15) is 0 Å². The van der Waals surface area contributed by atoms with E-state index in [0.717, 1.165) is 17.8 Å². The minimum Gasteiger partial charge on any atom is -0.315 e. The molecule has 0 aromatic carbocycles. The third kappa shape index (κ3) is 2.19. The van der Waals surface area contributed by atoms with Gasteiger partial charge in [-0.05, 0) is 62.7 Å². The van der Waals surface area contributed by atoms with Crippen molar-refractivity contribution in [1.29, 1.82) is 0 Å². The minimum absolute atomic E-state index is 0.535. The summed E-state index contributed by atoms with van der Waals surface area (Å²) in [5.74, 6) is 4.13. The highest BCUT2D eigenvalue weighted by molar-refractivity contribution is 8.00. The van der Waals surface area contributed by atoms with Crippen LogP contribution in [0.25, 0.3) is 0 Å². The molecule has 1 nitrogen and oxygen atoms in total. The van der Waals surface area contributed by atoms with Gasteiger partial charge in [0.05, 0.1) is 0 Å². The van der Waals surface area contributed by atoms with Crippen LogP contribution in [0.3, 0.4) is 0 Å². The Morgan fingerprint density at radius 1 is 1.38 bits per heavy atom. The van der Waals surface area contributed by atoms with Crippen LogP contribution in [-0.4, -0.2) is 23.6 Å². The average Bonchev–Trinajstić information content (AvgIpc) is 2.94. The summed E-state index contributed by atoms with van der Waals surface area (Å²) in [7, 11) is 0. The Morgan fingerprint density at radius 2 is 2.31 bits per heavy atom. The van der Waals surface area contributed by atoms with Gasteiger partial charge in [-0.15, -0.1) is 0 Å². The zero-order valence-electron chi connectivity index (χ0n) is 10.2. The molecule has 3 aliphatic rings. The van der Waals surface area contributed by atoms with Crippen LogP contribution in [-0.2, 0) is 0 Å². The molecular weight excluding hydrogens is 214 g/mol. The number of hydrogen-bond donors (Lipinski definition) is 1. The second-order valence-corrected chi connectivity index (χ2v) is 7.76. The van der Waals surface area contributed by atoms with Gasteiger partial charge < -0.3 is 5.32 Å². The van der Waals surface area contributed by atoms with E-state index in [2.05, 4.69) is 36.2 Å². The lowest BCUT2D eigenvalue weighted by Gasteiger charge is -2.25. The number of thioether (sulfide) groups is 1. The normalized spacial score (nSPS) is 45.7. The molecule has 0 radical (unpaired) electrons. The standard InChI is InChI=1S/C14H23NS/c1-14(5-2-6-16-14)10-15-9-13-8-11-3-4-12(13)7-11/h3-4,11-13,15H,2,5-10H2,1H3. The van der Waals surface area contributed by atoms with Gasteiger partial charge in [-0.3, -0.25) is 0 Å². The van der Waals surface area contributed by atoms with Crippen molar-refractivity contribution >= 4 is 11.8 Å². The monoisotopic (exact) mass is 237 g/mol. The van der Waals surface area contributed by atoms with Gasteiger partial charge in [0.15, 0.2) is 0 Å². The van der Waals surface area contributed by atoms with Crippen molar-refractivity contribution in [2.45, 2.75) is 37.4 Å². The number of hydrogen-bond acceptors (Lipinski definition) is 2. The number of rotatable bonds is 4. The van der Waals surface area contributed by atoms with Gasteiger partial charge >= 0.3 is 0 Å². The molecule has 2 aliphatic carbocycles. The van der Waals surface area contributed by atoms with Crippen molar-refractivity contribution in [3.05, 3.63) is 12.2 Å². The molecule has 3 rings (SSSR count). The number of nitrogens with one attached hydrogen (secondary N) is 1. The van der Waals surface area contributed by atoms with Gasteiger partial charge in [-0.2, -0.15) is 11.8 Å². The molecule has 1 saturated heterocycles. The zero-order chi connectivity index (χ0) is 11.0. The molecule has 4 atom stereocenters. The summed E-state index contributed by atoms with van der Waals surface area (Å²) < 4.78 is 0.535. The fourth-order valence-corrected chi connectivity index (χ4v) is 4.90. The molecule has 1 saturated carbocycles. The van der Waals surface area contributed by atoms with Crippen molar-refractivity contribution in [2.24, 2.45) is 17.8 Å². The third-order valence-corrected chi connectivity index (χ3v) is 6.16. The van der Waals surface area contributed by atoms with Gasteiger partial charge in [-0.1, -0.05) is 12.2 Å². The van der Waals surface area contributed by atoms with Crippen LogP contribution in [0.4, 0.5) is 0 Å². The van der Waals surface area contributed by atoms with E-state index in [1.165, 1.54) is 44.5 Å². The molecule has 2 bridgehead atoms. The molecule has 0 aromatic heterocycles. The Bertz CT molecular complexity index is 280. The van der Waals surface area contributed by atoms with Gasteiger partial charge in [-0.25, -0.2) is 0 Å². The van der Waals surface area contributed by atoms with Crippen LogP contribution in [0.1, 0.15) is 32.6 Å². The molecule has 16 heavy (non-hydrogen) atoms. The Kier molecular flexibility index (Phi) is 3.05. The maximum absolute atomic E-state index is 3.74. The molecule has 4 unspecified atom stereocenters. The smallest absolute Gasteiger partial charge is 0.0256 e. The molecule has 0 aromatic rings. The van der Waals surface area contributed by atoms with Gasteiger partial charge in [0.25, 0.3) is 0 Å². The first-order chi connectivity index (χ1) is 7.75. The fraction of sp³-hybridized carbons (Fsp3) is 0.857. The van der Waals surface area contributed by atoms with Crippen LogP contribution in [0.2, 0.25) is 0 Å². The Labute approximate surface area is 103 Å². The van der Waals surface area contributed by atoms with Gasteiger partial charge in [0, 0.05) is 11.3 Å². The first kappa shape index (κ1) is 11.2. The highest BCUT2D eigenvalue weighted by Gasteiger charge is 2.36. The Balaban J connectivity index is 1.42. The minimum atomic E-state index is 0.535.